The number of benzene rings is 1. The van der Waals surface area contributed by atoms with E-state index >= 15 is 0 Å². The van der Waals surface area contributed by atoms with Crippen molar-refractivity contribution in [3.63, 3.8) is 0 Å². The van der Waals surface area contributed by atoms with E-state index in [2.05, 4.69) is 38.7 Å². The van der Waals surface area contributed by atoms with Gasteiger partial charge in [0, 0.05) is 44.9 Å². The summed E-state index contributed by atoms with van der Waals surface area (Å²) in [6.07, 6.45) is 2.77. The molecule has 144 valence electrons. The van der Waals surface area contributed by atoms with Crippen LogP contribution >= 0.6 is 0 Å². The van der Waals surface area contributed by atoms with Crippen LogP contribution in [0.4, 0.5) is 4.79 Å². The highest BCUT2D eigenvalue weighted by atomic mass is 16.2. The number of nitrogens with zero attached hydrogens (tertiary/aromatic N) is 2. The van der Waals surface area contributed by atoms with Crippen molar-refractivity contribution in [2.24, 2.45) is 0 Å². The molecule has 1 atom stereocenters. The smallest absolute Gasteiger partial charge is 0.318 e. The average molecular weight is 371 g/mol. The van der Waals surface area contributed by atoms with Crippen LogP contribution in [-0.2, 0) is 16.1 Å². The molecular weight excluding hydrogens is 346 g/mol. The van der Waals surface area contributed by atoms with Gasteiger partial charge in [0.1, 0.15) is 6.04 Å². The molecule has 27 heavy (non-hydrogen) atoms. The fourth-order valence-electron chi connectivity index (χ4n) is 3.32. The van der Waals surface area contributed by atoms with Gasteiger partial charge in [0.25, 0.3) is 0 Å². The van der Waals surface area contributed by atoms with Gasteiger partial charge in [0.2, 0.25) is 11.8 Å². The van der Waals surface area contributed by atoms with Gasteiger partial charge < -0.3 is 25.4 Å². The lowest BCUT2D eigenvalue weighted by molar-refractivity contribution is -0.132. The Morgan fingerprint density at radius 1 is 1.26 bits per heavy atom. The lowest BCUT2D eigenvalue weighted by atomic mass is 10.1. The van der Waals surface area contributed by atoms with E-state index in [4.69, 9.17) is 0 Å². The molecule has 2 heterocycles. The van der Waals surface area contributed by atoms with Crippen LogP contribution in [0.5, 0.6) is 0 Å². The maximum absolute atomic E-state index is 12.5. The molecule has 0 radical (unpaired) electrons. The zero-order valence-corrected chi connectivity index (χ0v) is 15.4. The van der Waals surface area contributed by atoms with Crippen molar-refractivity contribution in [2.45, 2.75) is 25.4 Å². The summed E-state index contributed by atoms with van der Waals surface area (Å²) in [6, 6.07) is 9.16. The van der Waals surface area contributed by atoms with Crippen molar-refractivity contribution in [1.82, 2.24) is 25.4 Å². The van der Waals surface area contributed by atoms with Crippen LogP contribution in [0.25, 0.3) is 10.9 Å². The number of carbonyl (C=O) groups is 3. The first-order chi connectivity index (χ1) is 13.1. The van der Waals surface area contributed by atoms with E-state index in [1.807, 2.05) is 18.3 Å². The number of aryl methyl sites for hydroxylation is 1. The third-order valence-electron chi connectivity index (χ3n) is 4.78. The van der Waals surface area contributed by atoms with Gasteiger partial charge in [-0.3, -0.25) is 9.59 Å². The SMILES string of the molecule is CNC(=O)CC1C(=O)NCCN1C(=O)NCCCn1ccc2ccccc21. The number of urea groups is 1. The van der Waals surface area contributed by atoms with E-state index < -0.39 is 6.04 Å². The highest BCUT2D eigenvalue weighted by Gasteiger charge is 2.34. The largest absolute Gasteiger partial charge is 0.359 e. The third-order valence-corrected chi connectivity index (χ3v) is 4.78. The van der Waals surface area contributed by atoms with Crippen molar-refractivity contribution < 1.29 is 14.4 Å². The summed E-state index contributed by atoms with van der Waals surface area (Å²) in [5.41, 5.74) is 1.17. The number of carbonyl (C=O) groups excluding carboxylic acids is 3. The first-order valence-corrected chi connectivity index (χ1v) is 9.17. The standard InChI is InChI=1S/C19H25N5O3/c1-20-17(25)13-16-18(26)21-9-12-24(16)19(27)22-8-4-10-23-11-7-14-5-2-3-6-15(14)23/h2-3,5-7,11,16H,4,8-10,12-13H2,1H3,(H,20,25)(H,21,26)(H,22,27). The Morgan fingerprint density at radius 2 is 2.07 bits per heavy atom. The van der Waals surface area contributed by atoms with Crippen molar-refractivity contribution in [3.8, 4) is 0 Å². The molecule has 1 unspecified atom stereocenters. The van der Waals surface area contributed by atoms with Gasteiger partial charge in [0.15, 0.2) is 0 Å². The lowest BCUT2D eigenvalue weighted by Crippen LogP contribution is -2.60. The molecule has 8 heteroatoms. The Morgan fingerprint density at radius 3 is 2.89 bits per heavy atom. The average Bonchev–Trinajstić information content (AvgIpc) is 3.09. The van der Waals surface area contributed by atoms with E-state index in [9.17, 15) is 14.4 Å². The van der Waals surface area contributed by atoms with Gasteiger partial charge in [-0.2, -0.15) is 0 Å². The molecule has 1 fully saturated rings. The summed E-state index contributed by atoms with van der Waals surface area (Å²) in [5.74, 6) is -0.562. The van der Waals surface area contributed by atoms with Gasteiger partial charge in [-0.15, -0.1) is 0 Å². The number of para-hydroxylation sites is 1. The van der Waals surface area contributed by atoms with E-state index in [1.165, 1.54) is 22.9 Å². The quantitative estimate of drug-likeness (QED) is 0.652. The van der Waals surface area contributed by atoms with Crippen LogP contribution in [0, 0.1) is 0 Å². The molecule has 1 saturated heterocycles. The Hall–Kier alpha value is -3.03. The number of rotatable bonds is 6. The molecule has 1 aromatic heterocycles. The zero-order chi connectivity index (χ0) is 19.2. The summed E-state index contributed by atoms with van der Waals surface area (Å²) in [7, 11) is 1.51. The van der Waals surface area contributed by atoms with E-state index in [0.29, 0.717) is 19.6 Å². The molecule has 1 aliphatic heterocycles. The predicted octanol–water partition coefficient (Wildman–Crippen LogP) is 0.678. The molecule has 1 aromatic carbocycles. The summed E-state index contributed by atoms with van der Waals surface area (Å²) in [4.78, 5) is 37.6. The second kappa shape index (κ2) is 8.57. The second-order valence-electron chi connectivity index (χ2n) is 6.53. The monoisotopic (exact) mass is 371 g/mol. The highest BCUT2D eigenvalue weighted by molar-refractivity contribution is 5.92. The minimum absolute atomic E-state index is 0.0366. The fourth-order valence-corrected chi connectivity index (χ4v) is 3.32. The normalized spacial score (nSPS) is 16.9. The molecule has 8 nitrogen and oxygen atoms in total. The molecular formula is C19H25N5O3. The Labute approximate surface area is 157 Å². The number of piperazine rings is 1. The van der Waals surface area contributed by atoms with Crippen LogP contribution < -0.4 is 16.0 Å². The molecule has 4 amide bonds. The van der Waals surface area contributed by atoms with Crippen molar-refractivity contribution in [2.75, 3.05) is 26.7 Å². The van der Waals surface area contributed by atoms with Crippen LogP contribution in [0.3, 0.4) is 0 Å². The predicted molar refractivity (Wildman–Crippen MR) is 102 cm³/mol. The number of amides is 4. The number of fused-ring (bicyclic) bond motifs is 1. The number of nitrogens with one attached hydrogen (secondary N) is 3. The first-order valence-electron chi connectivity index (χ1n) is 9.17. The molecule has 1 aliphatic rings. The Bertz CT molecular complexity index is 832. The third kappa shape index (κ3) is 4.39. The lowest BCUT2D eigenvalue weighted by Gasteiger charge is -2.34. The van der Waals surface area contributed by atoms with Gasteiger partial charge in [-0.05, 0) is 23.9 Å². The molecule has 0 spiro atoms. The summed E-state index contributed by atoms with van der Waals surface area (Å²) in [5, 5.41) is 9.26. The van der Waals surface area contributed by atoms with Gasteiger partial charge in [-0.25, -0.2) is 4.79 Å². The van der Waals surface area contributed by atoms with Crippen molar-refractivity contribution >= 4 is 28.7 Å². The summed E-state index contributed by atoms with van der Waals surface area (Å²) < 4.78 is 2.16. The van der Waals surface area contributed by atoms with E-state index in [0.717, 1.165) is 13.0 Å². The fraction of sp³-hybridized carbons (Fsp3) is 0.421. The van der Waals surface area contributed by atoms with E-state index in [1.54, 1.807) is 0 Å². The van der Waals surface area contributed by atoms with Gasteiger partial charge in [0.05, 0.1) is 6.42 Å². The first kappa shape index (κ1) is 18.8. The maximum atomic E-state index is 12.5. The number of hydrogen-bond donors (Lipinski definition) is 3. The summed E-state index contributed by atoms with van der Waals surface area (Å²) >= 11 is 0. The van der Waals surface area contributed by atoms with Gasteiger partial charge in [-0.1, -0.05) is 18.2 Å². The van der Waals surface area contributed by atoms with Crippen LogP contribution in [0.1, 0.15) is 12.8 Å². The maximum Gasteiger partial charge on any atom is 0.318 e. The number of aromatic nitrogens is 1. The minimum Gasteiger partial charge on any atom is -0.359 e. The van der Waals surface area contributed by atoms with Crippen LogP contribution in [-0.4, -0.2) is 60.0 Å². The topological polar surface area (TPSA) is 95.5 Å². The number of hydrogen-bond acceptors (Lipinski definition) is 3. The van der Waals surface area contributed by atoms with E-state index in [-0.39, 0.29) is 24.3 Å². The van der Waals surface area contributed by atoms with Crippen LogP contribution in [0.2, 0.25) is 0 Å². The Balaban J connectivity index is 1.51. The molecule has 0 saturated carbocycles. The second-order valence-corrected chi connectivity index (χ2v) is 6.53. The van der Waals surface area contributed by atoms with Crippen molar-refractivity contribution in [3.05, 3.63) is 36.5 Å². The van der Waals surface area contributed by atoms with Crippen molar-refractivity contribution in [1.29, 1.82) is 0 Å². The highest BCUT2D eigenvalue weighted by Crippen LogP contribution is 2.15. The summed E-state index contributed by atoms with van der Waals surface area (Å²) in [6.45, 7) is 2.07. The van der Waals surface area contributed by atoms with Crippen LogP contribution in [0.15, 0.2) is 36.5 Å². The molecule has 3 N–H and O–H groups in total. The molecule has 2 aromatic rings. The zero-order valence-electron chi connectivity index (χ0n) is 15.4. The molecule has 0 bridgehead atoms. The minimum atomic E-state index is -0.771. The molecule has 3 rings (SSSR count). The molecule has 0 aliphatic carbocycles. The Kier molecular flexibility index (Phi) is 5.95. The van der Waals surface area contributed by atoms with Gasteiger partial charge >= 0.3 is 6.03 Å².